The number of carbonyl (C=O) groups excluding carboxylic acids is 2. The number of aromatic nitrogens is 1. The molecule has 86 valence electrons. The molecule has 1 heterocycles. The fourth-order valence-corrected chi connectivity index (χ4v) is 1.18. The van der Waals surface area contributed by atoms with Crippen molar-refractivity contribution in [3.05, 3.63) is 29.0 Å². The van der Waals surface area contributed by atoms with Gasteiger partial charge in [-0.1, -0.05) is 11.6 Å². The highest BCUT2D eigenvalue weighted by molar-refractivity contribution is 6.29. The molecule has 1 rings (SSSR count). The van der Waals surface area contributed by atoms with Crippen LogP contribution in [-0.2, 0) is 9.53 Å². The number of halogens is 1. The molecule has 0 saturated heterocycles. The zero-order chi connectivity index (χ0) is 12.0. The fraction of sp³-hybridized carbons (Fsp3) is 0.300. The van der Waals surface area contributed by atoms with E-state index in [0.717, 1.165) is 0 Å². The number of amides is 1. The number of rotatable bonds is 4. The van der Waals surface area contributed by atoms with Crippen LogP contribution in [0.3, 0.4) is 0 Å². The second-order valence-electron chi connectivity index (χ2n) is 2.85. The first-order valence-electron chi connectivity index (χ1n) is 4.69. The lowest BCUT2D eigenvalue weighted by Crippen LogP contribution is -2.30. The van der Waals surface area contributed by atoms with Crippen LogP contribution in [0.5, 0.6) is 0 Å². The van der Waals surface area contributed by atoms with Crippen molar-refractivity contribution in [2.45, 2.75) is 6.92 Å². The summed E-state index contributed by atoms with van der Waals surface area (Å²) in [5.74, 6) is -0.867. The molecule has 0 saturated carbocycles. The first kappa shape index (κ1) is 12.4. The summed E-state index contributed by atoms with van der Waals surface area (Å²) in [6.45, 7) is 1.82. The summed E-state index contributed by atoms with van der Waals surface area (Å²) in [4.78, 5) is 26.2. The van der Waals surface area contributed by atoms with Crippen molar-refractivity contribution in [3.63, 3.8) is 0 Å². The van der Waals surface area contributed by atoms with Gasteiger partial charge in [-0.2, -0.15) is 0 Å². The molecule has 1 aromatic heterocycles. The van der Waals surface area contributed by atoms with Gasteiger partial charge in [0.15, 0.2) is 0 Å². The minimum absolute atomic E-state index is 0.160. The number of esters is 1. The highest BCUT2D eigenvalue weighted by atomic mass is 35.5. The zero-order valence-corrected chi connectivity index (χ0v) is 9.45. The topological polar surface area (TPSA) is 68.3 Å². The zero-order valence-electron chi connectivity index (χ0n) is 8.70. The largest absolute Gasteiger partial charge is 0.465 e. The SMILES string of the molecule is CCOC(=O)CNC(=O)c1ccnc(Cl)c1. The average Bonchev–Trinajstić information content (AvgIpc) is 2.26. The van der Waals surface area contributed by atoms with Crippen molar-refractivity contribution < 1.29 is 14.3 Å². The number of nitrogens with one attached hydrogen (secondary N) is 1. The van der Waals surface area contributed by atoms with Gasteiger partial charge in [0.05, 0.1) is 6.61 Å². The Labute approximate surface area is 97.8 Å². The molecule has 5 nitrogen and oxygen atoms in total. The molecule has 0 bridgehead atoms. The van der Waals surface area contributed by atoms with E-state index < -0.39 is 11.9 Å². The summed E-state index contributed by atoms with van der Waals surface area (Å²) in [6, 6.07) is 2.93. The summed E-state index contributed by atoms with van der Waals surface area (Å²) in [7, 11) is 0. The van der Waals surface area contributed by atoms with Crippen molar-refractivity contribution in [2.24, 2.45) is 0 Å². The standard InChI is InChI=1S/C10H11ClN2O3/c1-2-16-9(14)6-13-10(15)7-3-4-12-8(11)5-7/h3-5H,2,6H2,1H3,(H,13,15). The second-order valence-corrected chi connectivity index (χ2v) is 3.24. The second kappa shape index (κ2) is 6.07. The molecule has 0 atom stereocenters. The first-order valence-corrected chi connectivity index (χ1v) is 5.06. The van der Waals surface area contributed by atoms with Gasteiger partial charge in [-0.15, -0.1) is 0 Å². The maximum absolute atomic E-state index is 11.5. The highest BCUT2D eigenvalue weighted by Gasteiger charge is 2.08. The lowest BCUT2D eigenvalue weighted by atomic mass is 10.2. The van der Waals surface area contributed by atoms with E-state index in [0.29, 0.717) is 5.56 Å². The predicted molar refractivity (Wildman–Crippen MR) is 58.2 cm³/mol. The molecule has 0 spiro atoms. The summed E-state index contributed by atoms with van der Waals surface area (Å²) >= 11 is 5.62. The minimum atomic E-state index is -0.476. The molecule has 6 heteroatoms. The molecule has 0 fully saturated rings. The van der Waals surface area contributed by atoms with Crippen molar-refractivity contribution in [2.75, 3.05) is 13.2 Å². The van der Waals surface area contributed by atoms with Crippen LogP contribution in [0, 0.1) is 0 Å². The van der Waals surface area contributed by atoms with Gasteiger partial charge in [-0.05, 0) is 19.1 Å². The number of ether oxygens (including phenoxy) is 1. The molecule has 0 unspecified atom stereocenters. The Balaban J connectivity index is 2.50. The van der Waals surface area contributed by atoms with Crippen LogP contribution in [0.15, 0.2) is 18.3 Å². The molecule has 16 heavy (non-hydrogen) atoms. The molecule has 1 N–H and O–H groups in total. The van der Waals surface area contributed by atoms with Crippen LogP contribution in [-0.4, -0.2) is 30.0 Å². The summed E-state index contributed by atoms with van der Waals surface area (Å²) < 4.78 is 4.66. The van der Waals surface area contributed by atoms with Crippen molar-refractivity contribution in [3.8, 4) is 0 Å². The quantitative estimate of drug-likeness (QED) is 0.633. The Kier molecular flexibility index (Phi) is 4.72. The molecular formula is C10H11ClN2O3. The third kappa shape index (κ3) is 3.86. The van der Waals surface area contributed by atoms with Crippen molar-refractivity contribution in [1.29, 1.82) is 0 Å². The maximum atomic E-state index is 11.5. The number of pyridine rings is 1. The smallest absolute Gasteiger partial charge is 0.325 e. The Morgan fingerprint density at radius 2 is 2.31 bits per heavy atom. The van der Waals surface area contributed by atoms with E-state index in [1.165, 1.54) is 18.3 Å². The lowest BCUT2D eigenvalue weighted by molar-refractivity contribution is -0.141. The van der Waals surface area contributed by atoms with Gasteiger partial charge in [0.1, 0.15) is 11.7 Å². The molecule has 0 aromatic carbocycles. The molecule has 1 amide bonds. The Bertz CT molecular complexity index is 395. The van der Waals surface area contributed by atoms with E-state index >= 15 is 0 Å². The van der Waals surface area contributed by atoms with Crippen molar-refractivity contribution in [1.82, 2.24) is 10.3 Å². The van der Waals surface area contributed by atoms with Crippen molar-refractivity contribution >= 4 is 23.5 Å². The molecule has 0 radical (unpaired) electrons. The van der Waals surface area contributed by atoms with E-state index in [9.17, 15) is 9.59 Å². The van der Waals surface area contributed by atoms with Crippen LogP contribution in [0.1, 0.15) is 17.3 Å². The van der Waals surface area contributed by atoms with E-state index in [2.05, 4.69) is 15.0 Å². The monoisotopic (exact) mass is 242 g/mol. The number of carbonyl (C=O) groups is 2. The van der Waals surface area contributed by atoms with Gasteiger partial charge in [-0.25, -0.2) is 4.98 Å². The van der Waals surface area contributed by atoms with Gasteiger partial charge in [0.2, 0.25) is 0 Å². The van der Waals surface area contributed by atoms with Gasteiger partial charge < -0.3 is 10.1 Å². The lowest BCUT2D eigenvalue weighted by Gasteiger charge is -2.04. The molecule has 0 aliphatic heterocycles. The maximum Gasteiger partial charge on any atom is 0.325 e. The molecule has 1 aromatic rings. The summed E-state index contributed by atoms with van der Waals surface area (Å²) in [5.41, 5.74) is 0.351. The van der Waals surface area contributed by atoms with E-state index in [-0.39, 0.29) is 18.3 Å². The van der Waals surface area contributed by atoms with Gasteiger partial charge in [-0.3, -0.25) is 9.59 Å². The molecular weight excluding hydrogens is 232 g/mol. The van der Waals surface area contributed by atoms with Crippen LogP contribution >= 0.6 is 11.6 Å². The van der Waals surface area contributed by atoms with Crippen LogP contribution in [0.4, 0.5) is 0 Å². The number of hydrogen-bond acceptors (Lipinski definition) is 4. The van der Waals surface area contributed by atoms with Gasteiger partial charge in [0.25, 0.3) is 5.91 Å². The Hall–Kier alpha value is -1.62. The van der Waals surface area contributed by atoms with E-state index in [1.807, 2.05) is 0 Å². The fourth-order valence-electron chi connectivity index (χ4n) is 1.01. The number of nitrogens with zero attached hydrogens (tertiary/aromatic N) is 1. The van der Waals surface area contributed by atoms with E-state index in [1.54, 1.807) is 6.92 Å². The normalized spacial score (nSPS) is 9.62. The highest BCUT2D eigenvalue weighted by Crippen LogP contribution is 2.06. The Morgan fingerprint density at radius 1 is 1.56 bits per heavy atom. The minimum Gasteiger partial charge on any atom is -0.465 e. The van der Waals surface area contributed by atoms with Crippen LogP contribution in [0.25, 0.3) is 0 Å². The third-order valence-electron chi connectivity index (χ3n) is 1.69. The van der Waals surface area contributed by atoms with Gasteiger partial charge >= 0.3 is 5.97 Å². The predicted octanol–water partition coefficient (Wildman–Crippen LogP) is 1.03. The van der Waals surface area contributed by atoms with Gasteiger partial charge in [0, 0.05) is 11.8 Å². The molecule has 0 aliphatic rings. The summed E-state index contributed by atoms with van der Waals surface area (Å²) in [6.07, 6.45) is 1.42. The van der Waals surface area contributed by atoms with Crippen LogP contribution in [0.2, 0.25) is 5.15 Å². The van der Waals surface area contributed by atoms with E-state index in [4.69, 9.17) is 11.6 Å². The summed E-state index contributed by atoms with van der Waals surface area (Å²) in [5, 5.41) is 2.64. The average molecular weight is 243 g/mol. The number of hydrogen-bond donors (Lipinski definition) is 1. The Morgan fingerprint density at radius 3 is 2.94 bits per heavy atom. The molecule has 0 aliphatic carbocycles. The first-order chi connectivity index (χ1) is 7.63. The van der Waals surface area contributed by atoms with Crippen LogP contribution < -0.4 is 5.32 Å². The third-order valence-corrected chi connectivity index (χ3v) is 1.89.